The van der Waals surface area contributed by atoms with E-state index < -0.39 is 0 Å². The number of nitrogens with two attached hydrogens (primary N) is 1. The summed E-state index contributed by atoms with van der Waals surface area (Å²) in [6, 6.07) is 7.54. The zero-order chi connectivity index (χ0) is 12.3. The third-order valence-electron chi connectivity index (χ3n) is 2.71. The van der Waals surface area contributed by atoms with Gasteiger partial charge in [-0.2, -0.15) is 11.3 Å². The van der Waals surface area contributed by atoms with Crippen LogP contribution in [0.15, 0.2) is 35.0 Å². The zero-order valence-corrected chi connectivity index (χ0v) is 10.4. The standard InChI is InChI=1S/C13H14N2OS/c1-9-10(3-2-4-12(9)14)7-15-13(16)11-5-6-17-8-11/h2-6,8H,7,14H2,1H3,(H,15,16). The maximum Gasteiger partial charge on any atom is 0.252 e. The molecule has 2 aromatic rings. The number of anilines is 1. The normalized spacial score (nSPS) is 10.2. The molecule has 0 aliphatic rings. The van der Waals surface area contributed by atoms with Crippen LogP contribution in [0.3, 0.4) is 0 Å². The molecule has 17 heavy (non-hydrogen) atoms. The van der Waals surface area contributed by atoms with Crippen LogP contribution in [0, 0.1) is 6.92 Å². The second-order valence-corrected chi connectivity index (χ2v) is 4.61. The molecule has 0 atom stereocenters. The molecule has 1 aromatic carbocycles. The summed E-state index contributed by atoms with van der Waals surface area (Å²) in [5.74, 6) is -0.0481. The van der Waals surface area contributed by atoms with E-state index in [0.29, 0.717) is 12.1 Å². The van der Waals surface area contributed by atoms with Gasteiger partial charge in [0.05, 0.1) is 0 Å². The second kappa shape index (κ2) is 5.01. The Kier molecular flexibility index (Phi) is 3.44. The average molecular weight is 246 g/mol. The summed E-state index contributed by atoms with van der Waals surface area (Å²) < 4.78 is 0. The van der Waals surface area contributed by atoms with Crippen LogP contribution < -0.4 is 11.1 Å². The lowest BCUT2D eigenvalue weighted by molar-refractivity contribution is 0.0951. The minimum atomic E-state index is -0.0481. The molecule has 0 fully saturated rings. The lowest BCUT2D eigenvalue weighted by Crippen LogP contribution is -2.22. The third-order valence-corrected chi connectivity index (χ3v) is 3.39. The Bertz CT molecular complexity index is 520. The van der Waals surface area contributed by atoms with Gasteiger partial charge >= 0.3 is 0 Å². The number of carbonyl (C=O) groups excluding carboxylic acids is 1. The molecule has 1 amide bonds. The van der Waals surface area contributed by atoms with Crippen molar-refractivity contribution in [1.82, 2.24) is 5.32 Å². The average Bonchev–Trinajstić information content (AvgIpc) is 2.84. The van der Waals surface area contributed by atoms with Gasteiger partial charge in [-0.3, -0.25) is 4.79 Å². The Morgan fingerprint density at radius 3 is 2.94 bits per heavy atom. The van der Waals surface area contributed by atoms with Gasteiger partial charge in [0.1, 0.15) is 0 Å². The Balaban J connectivity index is 2.03. The van der Waals surface area contributed by atoms with Gasteiger partial charge in [0.15, 0.2) is 0 Å². The number of carbonyl (C=O) groups is 1. The highest BCUT2D eigenvalue weighted by Gasteiger charge is 2.06. The summed E-state index contributed by atoms with van der Waals surface area (Å²) in [6.45, 7) is 2.47. The molecule has 3 nitrogen and oxygen atoms in total. The monoisotopic (exact) mass is 246 g/mol. The largest absolute Gasteiger partial charge is 0.399 e. The third kappa shape index (κ3) is 2.65. The van der Waals surface area contributed by atoms with Crippen molar-refractivity contribution in [1.29, 1.82) is 0 Å². The maximum absolute atomic E-state index is 11.7. The molecule has 0 aliphatic carbocycles. The van der Waals surface area contributed by atoms with Crippen LogP contribution in [0.1, 0.15) is 21.5 Å². The Morgan fingerprint density at radius 1 is 1.41 bits per heavy atom. The molecule has 0 saturated carbocycles. The first-order valence-electron chi connectivity index (χ1n) is 5.33. The number of amides is 1. The van der Waals surface area contributed by atoms with Crippen molar-refractivity contribution in [3.8, 4) is 0 Å². The highest BCUT2D eigenvalue weighted by molar-refractivity contribution is 7.08. The van der Waals surface area contributed by atoms with Crippen molar-refractivity contribution in [2.45, 2.75) is 13.5 Å². The smallest absolute Gasteiger partial charge is 0.252 e. The minimum absolute atomic E-state index is 0.0481. The van der Waals surface area contributed by atoms with E-state index in [2.05, 4.69) is 5.32 Å². The SMILES string of the molecule is Cc1c(N)cccc1CNC(=O)c1ccsc1. The van der Waals surface area contributed by atoms with Gasteiger partial charge in [-0.05, 0) is 35.6 Å². The summed E-state index contributed by atoms with van der Waals surface area (Å²) in [6.07, 6.45) is 0. The molecule has 0 unspecified atom stereocenters. The molecule has 2 rings (SSSR count). The minimum Gasteiger partial charge on any atom is -0.399 e. The summed E-state index contributed by atoms with van der Waals surface area (Å²) in [4.78, 5) is 11.7. The number of thiophene rings is 1. The van der Waals surface area contributed by atoms with E-state index in [1.807, 2.05) is 41.9 Å². The van der Waals surface area contributed by atoms with Crippen LogP contribution in [-0.2, 0) is 6.54 Å². The van der Waals surface area contributed by atoms with Gasteiger partial charge in [0, 0.05) is 23.2 Å². The van der Waals surface area contributed by atoms with Crippen molar-refractivity contribution in [3.63, 3.8) is 0 Å². The fourth-order valence-electron chi connectivity index (χ4n) is 1.57. The quantitative estimate of drug-likeness (QED) is 0.818. The van der Waals surface area contributed by atoms with Crippen molar-refractivity contribution in [2.75, 3.05) is 5.73 Å². The van der Waals surface area contributed by atoms with Gasteiger partial charge in [-0.15, -0.1) is 0 Å². The predicted molar refractivity (Wildman–Crippen MR) is 71.1 cm³/mol. The van der Waals surface area contributed by atoms with E-state index in [0.717, 1.165) is 16.8 Å². The van der Waals surface area contributed by atoms with Crippen LogP contribution in [0.2, 0.25) is 0 Å². The van der Waals surface area contributed by atoms with Gasteiger partial charge in [-0.1, -0.05) is 12.1 Å². The molecule has 3 N–H and O–H groups in total. The van der Waals surface area contributed by atoms with Crippen LogP contribution in [0.25, 0.3) is 0 Å². The van der Waals surface area contributed by atoms with E-state index in [9.17, 15) is 4.79 Å². The highest BCUT2D eigenvalue weighted by Crippen LogP contribution is 2.15. The van der Waals surface area contributed by atoms with Crippen molar-refractivity contribution in [3.05, 3.63) is 51.7 Å². The first kappa shape index (κ1) is 11.7. The number of benzene rings is 1. The number of hydrogen-bond donors (Lipinski definition) is 2. The van der Waals surface area contributed by atoms with Crippen LogP contribution in [0.5, 0.6) is 0 Å². The van der Waals surface area contributed by atoms with Crippen molar-refractivity contribution in [2.24, 2.45) is 0 Å². The van der Waals surface area contributed by atoms with E-state index in [1.165, 1.54) is 11.3 Å². The Labute approximate surface area is 104 Å². The summed E-state index contributed by atoms with van der Waals surface area (Å²) in [5.41, 5.74) is 9.35. The molecule has 0 bridgehead atoms. The lowest BCUT2D eigenvalue weighted by Gasteiger charge is -2.09. The summed E-state index contributed by atoms with van der Waals surface area (Å²) >= 11 is 1.51. The molecule has 88 valence electrons. The van der Waals surface area contributed by atoms with Crippen molar-refractivity contribution < 1.29 is 4.79 Å². The zero-order valence-electron chi connectivity index (χ0n) is 9.57. The van der Waals surface area contributed by atoms with Crippen LogP contribution in [0.4, 0.5) is 5.69 Å². The second-order valence-electron chi connectivity index (χ2n) is 3.83. The first-order valence-corrected chi connectivity index (χ1v) is 6.27. The number of hydrogen-bond acceptors (Lipinski definition) is 3. The topological polar surface area (TPSA) is 55.1 Å². The Morgan fingerprint density at radius 2 is 2.24 bits per heavy atom. The molecular weight excluding hydrogens is 232 g/mol. The first-order chi connectivity index (χ1) is 8.18. The number of nitrogens with one attached hydrogen (secondary N) is 1. The molecule has 1 heterocycles. The summed E-state index contributed by atoms with van der Waals surface area (Å²) in [5, 5.41) is 6.61. The molecule has 0 aliphatic heterocycles. The molecular formula is C13H14N2OS. The lowest BCUT2D eigenvalue weighted by atomic mass is 10.1. The number of rotatable bonds is 3. The molecule has 1 aromatic heterocycles. The van der Waals surface area contributed by atoms with Gasteiger partial charge in [-0.25, -0.2) is 0 Å². The highest BCUT2D eigenvalue weighted by atomic mass is 32.1. The van der Waals surface area contributed by atoms with E-state index >= 15 is 0 Å². The molecule has 0 radical (unpaired) electrons. The van der Waals surface area contributed by atoms with E-state index in [-0.39, 0.29) is 5.91 Å². The van der Waals surface area contributed by atoms with E-state index in [1.54, 1.807) is 0 Å². The van der Waals surface area contributed by atoms with E-state index in [4.69, 9.17) is 5.73 Å². The summed E-state index contributed by atoms with van der Waals surface area (Å²) in [7, 11) is 0. The van der Waals surface area contributed by atoms with Crippen molar-refractivity contribution >= 4 is 22.9 Å². The number of nitrogen functional groups attached to an aromatic ring is 1. The van der Waals surface area contributed by atoms with Gasteiger partial charge in [0.2, 0.25) is 0 Å². The van der Waals surface area contributed by atoms with Crippen LogP contribution in [-0.4, -0.2) is 5.91 Å². The fraction of sp³-hybridized carbons (Fsp3) is 0.154. The maximum atomic E-state index is 11.7. The molecule has 0 spiro atoms. The van der Waals surface area contributed by atoms with Crippen LogP contribution >= 0.6 is 11.3 Å². The predicted octanol–water partition coefficient (Wildman–Crippen LogP) is 2.57. The molecule has 4 heteroatoms. The van der Waals surface area contributed by atoms with Gasteiger partial charge < -0.3 is 11.1 Å². The van der Waals surface area contributed by atoms with Gasteiger partial charge in [0.25, 0.3) is 5.91 Å². The molecule has 0 saturated heterocycles. The fourth-order valence-corrected chi connectivity index (χ4v) is 2.20. The Hall–Kier alpha value is -1.81.